The van der Waals surface area contributed by atoms with Crippen LogP contribution >= 0.6 is 0 Å². The third-order valence-electron chi connectivity index (χ3n) is 4.58. The first-order chi connectivity index (χ1) is 11.7. The molecule has 0 saturated heterocycles. The average Bonchev–Trinajstić information content (AvgIpc) is 3.41. The van der Waals surface area contributed by atoms with Crippen LogP contribution in [0.1, 0.15) is 28.9 Å². The van der Waals surface area contributed by atoms with Crippen LogP contribution in [0.25, 0.3) is 11.0 Å². The first-order valence-corrected chi connectivity index (χ1v) is 7.92. The molecule has 0 unspecified atom stereocenters. The van der Waals surface area contributed by atoms with Crippen molar-refractivity contribution >= 4 is 16.9 Å². The van der Waals surface area contributed by atoms with Crippen molar-refractivity contribution in [3.63, 3.8) is 0 Å². The summed E-state index contributed by atoms with van der Waals surface area (Å²) in [5, 5.41) is 2.94. The van der Waals surface area contributed by atoms with Gasteiger partial charge in [-0.3, -0.25) is 9.78 Å². The number of hydrogen-bond acceptors (Lipinski definition) is 3. The summed E-state index contributed by atoms with van der Waals surface area (Å²) in [5.41, 5.74) is 2.76. The lowest BCUT2D eigenvalue weighted by molar-refractivity contribution is 0.0944. The summed E-state index contributed by atoms with van der Waals surface area (Å²) < 4.78 is 13.1. The van der Waals surface area contributed by atoms with Gasteiger partial charge in [-0.05, 0) is 42.7 Å². The van der Waals surface area contributed by atoms with Gasteiger partial charge in [0.1, 0.15) is 11.5 Å². The standard InChI is InChI=1S/C19H16FN3O/c20-14-7-5-13(6-8-14)19(9-10-19)12-22-18(24)17-11-21-15-3-1-2-4-16(15)23-17/h1-8,11H,9-10,12H2,(H,22,24). The summed E-state index contributed by atoms with van der Waals surface area (Å²) in [6.07, 6.45) is 3.47. The zero-order chi connectivity index (χ0) is 16.6. The molecule has 4 rings (SSSR count). The number of halogens is 1. The van der Waals surface area contributed by atoms with E-state index >= 15 is 0 Å². The number of hydrogen-bond donors (Lipinski definition) is 1. The Balaban J connectivity index is 1.48. The minimum atomic E-state index is -0.245. The van der Waals surface area contributed by atoms with Crippen LogP contribution < -0.4 is 5.32 Å². The number of carbonyl (C=O) groups excluding carboxylic acids is 1. The normalized spacial score (nSPS) is 15.2. The summed E-state index contributed by atoms with van der Waals surface area (Å²) in [6.45, 7) is 0.520. The number of fused-ring (bicyclic) bond motifs is 1. The highest BCUT2D eigenvalue weighted by Gasteiger charge is 2.44. The van der Waals surface area contributed by atoms with Crippen LogP contribution in [0.2, 0.25) is 0 Å². The molecule has 2 aromatic carbocycles. The van der Waals surface area contributed by atoms with Gasteiger partial charge in [-0.1, -0.05) is 24.3 Å². The molecular weight excluding hydrogens is 305 g/mol. The lowest BCUT2D eigenvalue weighted by atomic mass is 9.96. The van der Waals surface area contributed by atoms with Gasteiger partial charge in [0.05, 0.1) is 17.2 Å². The topological polar surface area (TPSA) is 54.9 Å². The van der Waals surface area contributed by atoms with Crippen LogP contribution in [-0.4, -0.2) is 22.4 Å². The predicted octanol–water partition coefficient (Wildman–Crippen LogP) is 3.23. The van der Waals surface area contributed by atoms with E-state index in [1.54, 1.807) is 12.1 Å². The fourth-order valence-electron chi connectivity index (χ4n) is 2.93. The third-order valence-corrected chi connectivity index (χ3v) is 4.58. The van der Waals surface area contributed by atoms with E-state index in [0.29, 0.717) is 17.8 Å². The Morgan fingerprint density at radius 2 is 1.79 bits per heavy atom. The molecule has 3 aromatic rings. The van der Waals surface area contributed by atoms with Crippen molar-refractivity contribution < 1.29 is 9.18 Å². The smallest absolute Gasteiger partial charge is 0.271 e. The molecule has 1 aromatic heterocycles. The predicted molar refractivity (Wildman–Crippen MR) is 89.2 cm³/mol. The van der Waals surface area contributed by atoms with Crippen molar-refractivity contribution in [1.82, 2.24) is 15.3 Å². The van der Waals surface area contributed by atoms with Gasteiger partial charge in [-0.15, -0.1) is 0 Å². The van der Waals surface area contributed by atoms with E-state index in [0.717, 1.165) is 23.9 Å². The van der Waals surface area contributed by atoms with E-state index in [2.05, 4.69) is 15.3 Å². The van der Waals surface area contributed by atoms with Gasteiger partial charge in [0, 0.05) is 12.0 Å². The number of benzene rings is 2. The zero-order valence-electron chi connectivity index (χ0n) is 13.0. The van der Waals surface area contributed by atoms with Crippen LogP contribution in [0.15, 0.2) is 54.7 Å². The third kappa shape index (κ3) is 2.73. The second-order valence-corrected chi connectivity index (χ2v) is 6.21. The maximum Gasteiger partial charge on any atom is 0.271 e. The highest BCUT2D eigenvalue weighted by molar-refractivity contribution is 5.93. The number of rotatable bonds is 4. The fourth-order valence-corrected chi connectivity index (χ4v) is 2.93. The molecule has 0 radical (unpaired) electrons. The van der Waals surface area contributed by atoms with Crippen molar-refractivity contribution in [2.24, 2.45) is 0 Å². The molecule has 24 heavy (non-hydrogen) atoms. The molecule has 1 N–H and O–H groups in total. The maximum absolute atomic E-state index is 13.1. The Morgan fingerprint density at radius 1 is 1.08 bits per heavy atom. The van der Waals surface area contributed by atoms with Crippen LogP contribution in [0, 0.1) is 5.82 Å². The lowest BCUT2D eigenvalue weighted by Crippen LogP contribution is -2.32. The van der Waals surface area contributed by atoms with Gasteiger partial charge in [0.2, 0.25) is 0 Å². The minimum absolute atomic E-state index is 0.0758. The Bertz CT molecular complexity index is 904. The number of carbonyl (C=O) groups is 1. The largest absolute Gasteiger partial charge is 0.350 e. The summed E-state index contributed by atoms with van der Waals surface area (Å²) in [4.78, 5) is 21.0. The monoisotopic (exact) mass is 321 g/mol. The Labute approximate surface area is 138 Å². The van der Waals surface area contributed by atoms with Crippen LogP contribution in [-0.2, 0) is 5.41 Å². The van der Waals surface area contributed by atoms with Crippen molar-refractivity contribution in [2.75, 3.05) is 6.54 Å². The summed E-state index contributed by atoms with van der Waals surface area (Å²) in [5.74, 6) is -0.480. The molecule has 5 heteroatoms. The van der Waals surface area contributed by atoms with Gasteiger partial charge in [-0.2, -0.15) is 0 Å². The fraction of sp³-hybridized carbons (Fsp3) is 0.211. The van der Waals surface area contributed by atoms with E-state index in [-0.39, 0.29) is 17.1 Å². The van der Waals surface area contributed by atoms with Crippen molar-refractivity contribution in [3.8, 4) is 0 Å². The van der Waals surface area contributed by atoms with E-state index in [4.69, 9.17) is 0 Å². The van der Waals surface area contributed by atoms with E-state index < -0.39 is 0 Å². The Kier molecular flexibility index (Phi) is 3.49. The highest BCUT2D eigenvalue weighted by Crippen LogP contribution is 2.47. The summed E-state index contributed by atoms with van der Waals surface area (Å²) in [7, 11) is 0. The molecule has 1 aliphatic rings. The molecule has 1 saturated carbocycles. The molecule has 1 heterocycles. The van der Waals surface area contributed by atoms with E-state index in [1.807, 2.05) is 24.3 Å². The number of amides is 1. The summed E-state index contributed by atoms with van der Waals surface area (Å²) in [6, 6.07) is 14.0. The van der Waals surface area contributed by atoms with E-state index in [9.17, 15) is 9.18 Å². The maximum atomic E-state index is 13.1. The Hall–Kier alpha value is -2.82. The minimum Gasteiger partial charge on any atom is -0.350 e. The molecule has 120 valence electrons. The van der Waals surface area contributed by atoms with Gasteiger partial charge < -0.3 is 5.32 Å². The van der Waals surface area contributed by atoms with Crippen LogP contribution in [0.4, 0.5) is 4.39 Å². The zero-order valence-corrected chi connectivity index (χ0v) is 13.0. The molecule has 0 spiro atoms. The molecule has 0 bridgehead atoms. The molecule has 0 aliphatic heterocycles. The molecule has 1 amide bonds. The highest BCUT2D eigenvalue weighted by atomic mass is 19.1. The SMILES string of the molecule is O=C(NCC1(c2ccc(F)cc2)CC1)c1cnc2ccccc2n1. The number of nitrogens with zero attached hydrogens (tertiary/aromatic N) is 2. The van der Waals surface area contributed by atoms with Crippen molar-refractivity contribution in [2.45, 2.75) is 18.3 Å². The first-order valence-electron chi connectivity index (χ1n) is 7.92. The second kappa shape index (κ2) is 5.67. The van der Waals surface area contributed by atoms with Crippen molar-refractivity contribution in [1.29, 1.82) is 0 Å². The molecular formula is C19H16FN3O. The lowest BCUT2D eigenvalue weighted by Gasteiger charge is -2.16. The quantitative estimate of drug-likeness (QED) is 0.802. The van der Waals surface area contributed by atoms with Crippen LogP contribution in [0.5, 0.6) is 0 Å². The van der Waals surface area contributed by atoms with Crippen LogP contribution in [0.3, 0.4) is 0 Å². The van der Waals surface area contributed by atoms with Gasteiger partial charge in [0.15, 0.2) is 0 Å². The van der Waals surface area contributed by atoms with Crippen molar-refractivity contribution in [3.05, 3.63) is 71.8 Å². The number of aromatic nitrogens is 2. The molecule has 1 aliphatic carbocycles. The number of nitrogens with one attached hydrogen (secondary N) is 1. The number of para-hydroxylation sites is 2. The van der Waals surface area contributed by atoms with Gasteiger partial charge >= 0.3 is 0 Å². The van der Waals surface area contributed by atoms with Gasteiger partial charge in [-0.25, -0.2) is 9.37 Å². The average molecular weight is 321 g/mol. The first kappa shape index (κ1) is 14.8. The Morgan fingerprint density at radius 3 is 2.50 bits per heavy atom. The molecule has 0 atom stereocenters. The second-order valence-electron chi connectivity index (χ2n) is 6.21. The van der Waals surface area contributed by atoms with E-state index in [1.165, 1.54) is 18.3 Å². The molecule has 4 nitrogen and oxygen atoms in total. The van der Waals surface area contributed by atoms with Gasteiger partial charge in [0.25, 0.3) is 5.91 Å². The molecule has 1 fully saturated rings. The summed E-state index contributed by atoms with van der Waals surface area (Å²) >= 11 is 0.